The molecule has 4 rings (SSSR count). The molecule has 0 saturated carbocycles. The number of carbonyl (C=O) groups is 1. The predicted octanol–water partition coefficient (Wildman–Crippen LogP) is 2.12. The van der Waals surface area contributed by atoms with Crippen molar-refractivity contribution in [2.75, 3.05) is 26.2 Å². The van der Waals surface area contributed by atoms with Crippen LogP contribution in [-0.4, -0.2) is 62.3 Å². The van der Waals surface area contributed by atoms with Gasteiger partial charge in [0.25, 0.3) is 0 Å². The molecule has 144 valence electrons. The second kappa shape index (κ2) is 8.62. The summed E-state index contributed by atoms with van der Waals surface area (Å²) in [7, 11) is 0. The second-order valence-electron chi connectivity index (χ2n) is 6.65. The van der Waals surface area contributed by atoms with E-state index < -0.39 is 0 Å². The van der Waals surface area contributed by atoms with Crippen LogP contribution in [0.15, 0.2) is 60.7 Å². The van der Waals surface area contributed by atoms with Crippen molar-refractivity contribution >= 4 is 6.09 Å². The molecule has 0 radical (unpaired) electrons. The van der Waals surface area contributed by atoms with Crippen LogP contribution in [0.25, 0.3) is 5.69 Å². The Hall–Kier alpha value is -3.26. The van der Waals surface area contributed by atoms with Gasteiger partial charge in [0.2, 0.25) is 0 Å². The van der Waals surface area contributed by atoms with Gasteiger partial charge in [0, 0.05) is 26.2 Å². The lowest BCUT2D eigenvalue weighted by Gasteiger charge is -2.33. The lowest BCUT2D eigenvalue weighted by molar-refractivity contribution is 0.0693. The van der Waals surface area contributed by atoms with Crippen LogP contribution in [0.3, 0.4) is 0 Å². The molecule has 1 aliphatic rings. The van der Waals surface area contributed by atoms with Gasteiger partial charge < -0.3 is 9.64 Å². The summed E-state index contributed by atoms with van der Waals surface area (Å²) in [6.07, 6.45) is -0.266. The molecule has 2 aromatic carbocycles. The fourth-order valence-electron chi connectivity index (χ4n) is 3.17. The van der Waals surface area contributed by atoms with Gasteiger partial charge in [0.1, 0.15) is 6.61 Å². The van der Waals surface area contributed by atoms with Crippen LogP contribution < -0.4 is 0 Å². The summed E-state index contributed by atoms with van der Waals surface area (Å²) in [5.41, 5.74) is 1.92. The van der Waals surface area contributed by atoms with Crippen molar-refractivity contribution in [2.24, 2.45) is 0 Å². The summed E-state index contributed by atoms with van der Waals surface area (Å²) >= 11 is 0. The van der Waals surface area contributed by atoms with Gasteiger partial charge in [0.15, 0.2) is 5.82 Å². The van der Waals surface area contributed by atoms with Crippen LogP contribution in [0.1, 0.15) is 11.4 Å². The molecule has 2 heterocycles. The van der Waals surface area contributed by atoms with Gasteiger partial charge in [-0.05, 0) is 28.1 Å². The molecule has 0 aliphatic carbocycles. The number of hydrogen-bond acceptors (Lipinski definition) is 6. The molecule has 28 heavy (non-hydrogen) atoms. The van der Waals surface area contributed by atoms with Crippen molar-refractivity contribution in [3.8, 4) is 5.69 Å². The highest BCUT2D eigenvalue weighted by Crippen LogP contribution is 2.12. The number of piperazine rings is 1. The Balaban J connectivity index is 1.28. The zero-order valence-corrected chi connectivity index (χ0v) is 15.5. The summed E-state index contributed by atoms with van der Waals surface area (Å²) in [5, 5.41) is 12.1. The average Bonchev–Trinajstić information content (AvgIpc) is 3.22. The number of amides is 1. The Morgan fingerprint density at radius 1 is 0.929 bits per heavy atom. The van der Waals surface area contributed by atoms with E-state index in [0.717, 1.165) is 30.2 Å². The Kier molecular flexibility index (Phi) is 5.58. The fraction of sp³-hybridized carbons (Fsp3) is 0.300. The van der Waals surface area contributed by atoms with E-state index in [2.05, 4.69) is 20.4 Å². The molecule has 3 aromatic rings. The molecule has 1 fully saturated rings. The molecule has 1 aromatic heterocycles. The molecular weight excluding hydrogens is 356 g/mol. The number of ether oxygens (including phenoxy) is 1. The number of nitrogens with zero attached hydrogens (tertiary/aromatic N) is 6. The van der Waals surface area contributed by atoms with E-state index in [1.807, 2.05) is 60.7 Å². The Bertz CT molecular complexity index is 891. The quantitative estimate of drug-likeness (QED) is 0.677. The van der Waals surface area contributed by atoms with Crippen molar-refractivity contribution in [3.63, 3.8) is 0 Å². The average molecular weight is 378 g/mol. The molecule has 0 spiro atoms. The van der Waals surface area contributed by atoms with Crippen LogP contribution in [0.4, 0.5) is 4.79 Å². The van der Waals surface area contributed by atoms with Crippen LogP contribution >= 0.6 is 0 Å². The van der Waals surface area contributed by atoms with Gasteiger partial charge in [-0.1, -0.05) is 48.5 Å². The van der Waals surface area contributed by atoms with Crippen molar-refractivity contribution in [1.29, 1.82) is 0 Å². The maximum atomic E-state index is 12.3. The third-order valence-corrected chi connectivity index (χ3v) is 4.74. The summed E-state index contributed by atoms with van der Waals surface area (Å²) in [4.78, 5) is 16.3. The minimum atomic E-state index is -0.266. The first-order chi connectivity index (χ1) is 13.8. The number of hydrogen-bond donors (Lipinski definition) is 0. The zero-order valence-electron chi connectivity index (χ0n) is 15.5. The monoisotopic (exact) mass is 378 g/mol. The number of carbonyl (C=O) groups excluding carboxylic acids is 1. The maximum absolute atomic E-state index is 12.3. The Morgan fingerprint density at radius 2 is 1.61 bits per heavy atom. The molecule has 8 nitrogen and oxygen atoms in total. The van der Waals surface area contributed by atoms with Crippen molar-refractivity contribution in [2.45, 2.75) is 13.2 Å². The highest BCUT2D eigenvalue weighted by atomic mass is 16.6. The molecule has 1 amide bonds. The van der Waals surface area contributed by atoms with Gasteiger partial charge in [0.05, 0.1) is 12.2 Å². The van der Waals surface area contributed by atoms with Gasteiger partial charge in [-0.3, -0.25) is 4.90 Å². The summed E-state index contributed by atoms with van der Waals surface area (Å²) in [5.74, 6) is 0.784. The van der Waals surface area contributed by atoms with Crippen molar-refractivity contribution in [1.82, 2.24) is 30.0 Å². The van der Waals surface area contributed by atoms with Crippen molar-refractivity contribution in [3.05, 3.63) is 72.1 Å². The summed E-state index contributed by atoms with van der Waals surface area (Å²) in [6.45, 7) is 3.69. The minimum Gasteiger partial charge on any atom is -0.445 e. The van der Waals surface area contributed by atoms with E-state index >= 15 is 0 Å². The number of rotatable bonds is 5. The van der Waals surface area contributed by atoms with Crippen molar-refractivity contribution < 1.29 is 9.53 Å². The Morgan fingerprint density at radius 3 is 2.32 bits per heavy atom. The molecule has 0 bridgehead atoms. The summed E-state index contributed by atoms with van der Waals surface area (Å²) in [6, 6.07) is 19.5. The molecule has 0 N–H and O–H groups in total. The van der Waals surface area contributed by atoms with Crippen LogP contribution in [0, 0.1) is 0 Å². The first-order valence-corrected chi connectivity index (χ1v) is 9.30. The van der Waals surface area contributed by atoms with E-state index in [4.69, 9.17) is 4.74 Å². The fourth-order valence-corrected chi connectivity index (χ4v) is 3.17. The van der Waals surface area contributed by atoms with E-state index in [1.54, 1.807) is 9.58 Å². The predicted molar refractivity (Wildman–Crippen MR) is 103 cm³/mol. The summed E-state index contributed by atoms with van der Waals surface area (Å²) < 4.78 is 7.17. The third kappa shape index (κ3) is 4.34. The topological polar surface area (TPSA) is 76.4 Å². The zero-order chi connectivity index (χ0) is 19.2. The van der Waals surface area contributed by atoms with Gasteiger partial charge in [-0.15, -0.1) is 5.10 Å². The number of benzene rings is 2. The highest BCUT2D eigenvalue weighted by molar-refractivity contribution is 5.67. The lowest BCUT2D eigenvalue weighted by atomic mass is 10.2. The van der Waals surface area contributed by atoms with E-state index in [-0.39, 0.29) is 6.09 Å². The van der Waals surface area contributed by atoms with E-state index in [9.17, 15) is 4.79 Å². The molecule has 8 heteroatoms. The molecule has 0 unspecified atom stereocenters. The number of tetrazole rings is 1. The van der Waals surface area contributed by atoms with Crippen LogP contribution in [0.2, 0.25) is 0 Å². The largest absolute Gasteiger partial charge is 0.445 e. The van der Waals surface area contributed by atoms with E-state index in [1.165, 1.54) is 0 Å². The first-order valence-electron chi connectivity index (χ1n) is 9.30. The van der Waals surface area contributed by atoms with Gasteiger partial charge in [-0.2, -0.15) is 4.68 Å². The third-order valence-electron chi connectivity index (χ3n) is 4.74. The Labute approximate surface area is 163 Å². The second-order valence-corrected chi connectivity index (χ2v) is 6.65. The van der Waals surface area contributed by atoms with Crippen LogP contribution in [-0.2, 0) is 17.9 Å². The minimum absolute atomic E-state index is 0.266. The van der Waals surface area contributed by atoms with Gasteiger partial charge >= 0.3 is 6.09 Å². The first kappa shape index (κ1) is 18.1. The standard InChI is InChI=1S/C20H22N6O2/c27-20(28-16-17-7-3-1-4-8-17)25-13-11-24(12-14-25)15-19-21-22-23-26(19)18-9-5-2-6-10-18/h1-10H,11-16H2. The molecular formula is C20H22N6O2. The SMILES string of the molecule is O=C(OCc1ccccc1)N1CCN(Cc2nnnn2-c2ccccc2)CC1. The maximum Gasteiger partial charge on any atom is 0.410 e. The van der Waals surface area contributed by atoms with E-state index in [0.29, 0.717) is 26.2 Å². The molecule has 0 atom stereocenters. The number of aromatic nitrogens is 4. The van der Waals surface area contributed by atoms with Crippen LogP contribution in [0.5, 0.6) is 0 Å². The highest BCUT2D eigenvalue weighted by Gasteiger charge is 2.23. The smallest absolute Gasteiger partial charge is 0.410 e. The lowest BCUT2D eigenvalue weighted by Crippen LogP contribution is -2.48. The van der Waals surface area contributed by atoms with Gasteiger partial charge in [-0.25, -0.2) is 4.79 Å². The number of para-hydroxylation sites is 1. The molecule has 1 saturated heterocycles. The normalized spacial score (nSPS) is 14.8. The molecule has 1 aliphatic heterocycles.